The van der Waals surface area contributed by atoms with Gasteiger partial charge in [0.25, 0.3) is 10.8 Å². The second-order valence-corrected chi connectivity index (χ2v) is 9.20. The fraction of sp³-hybridized carbons (Fsp3) is 0.286. The van der Waals surface area contributed by atoms with E-state index >= 15 is 0 Å². The van der Waals surface area contributed by atoms with Gasteiger partial charge in [-0.05, 0) is 45.4 Å². The highest BCUT2D eigenvalue weighted by Gasteiger charge is 2.22. The first kappa shape index (κ1) is 21.3. The lowest BCUT2D eigenvalue weighted by Crippen LogP contribution is -2.12. The smallest absolute Gasteiger partial charge is 0.348 e. The number of carbonyl (C=O) groups excluding carboxylic acids is 1. The number of fused-ring (bicyclic) bond motifs is 1. The summed E-state index contributed by atoms with van der Waals surface area (Å²) in [6.07, 6.45) is 0. The molecule has 0 bridgehead atoms. The Balaban J connectivity index is 1.59. The highest BCUT2D eigenvalue weighted by molar-refractivity contribution is 7.99. The summed E-state index contributed by atoms with van der Waals surface area (Å²) >= 11 is 2.46. The lowest BCUT2D eigenvalue weighted by Gasteiger charge is -2.07. The monoisotopic (exact) mass is 456 g/mol. The van der Waals surface area contributed by atoms with Gasteiger partial charge in [0, 0.05) is 5.56 Å². The van der Waals surface area contributed by atoms with Gasteiger partial charge in [-0.2, -0.15) is 0 Å². The maximum Gasteiger partial charge on any atom is 0.348 e. The molecule has 1 aromatic carbocycles. The van der Waals surface area contributed by atoms with Crippen LogP contribution in [0.2, 0.25) is 0 Å². The van der Waals surface area contributed by atoms with Crippen molar-refractivity contribution in [1.29, 1.82) is 0 Å². The van der Waals surface area contributed by atoms with E-state index in [1.54, 1.807) is 13.8 Å². The van der Waals surface area contributed by atoms with Gasteiger partial charge in [0.15, 0.2) is 0 Å². The molecule has 160 valence electrons. The molecule has 3 aromatic heterocycles. The summed E-state index contributed by atoms with van der Waals surface area (Å²) in [5, 5.41) is 8.73. The summed E-state index contributed by atoms with van der Waals surface area (Å²) in [5.74, 6) is 0.453. The SMILES string of the molecule is CCOC(=O)c1sc2nc(C(C)Sc3nnc(-c4ccc(C)cc4)o3)[nH]c(=O)c2c1C. The number of nitrogens with one attached hydrogen (secondary N) is 1. The Labute approximate surface area is 186 Å². The first-order valence-corrected chi connectivity index (χ1v) is 11.3. The summed E-state index contributed by atoms with van der Waals surface area (Å²) in [6.45, 7) is 7.63. The average Bonchev–Trinajstić information content (AvgIpc) is 3.33. The molecule has 0 radical (unpaired) electrons. The minimum absolute atomic E-state index is 0.253. The summed E-state index contributed by atoms with van der Waals surface area (Å²) in [4.78, 5) is 33.1. The first-order chi connectivity index (χ1) is 14.9. The average molecular weight is 457 g/mol. The van der Waals surface area contributed by atoms with Gasteiger partial charge in [0.2, 0.25) is 5.89 Å². The summed E-state index contributed by atoms with van der Waals surface area (Å²) in [5.41, 5.74) is 2.28. The van der Waals surface area contributed by atoms with E-state index in [2.05, 4.69) is 20.2 Å². The van der Waals surface area contributed by atoms with E-state index in [0.29, 0.717) is 37.6 Å². The Morgan fingerprint density at radius 3 is 2.71 bits per heavy atom. The Hall–Kier alpha value is -2.98. The predicted octanol–water partition coefficient (Wildman–Crippen LogP) is 4.68. The number of hydrogen-bond acceptors (Lipinski definition) is 9. The number of aromatic nitrogens is 4. The maximum absolute atomic E-state index is 12.7. The normalized spacial score (nSPS) is 12.3. The molecule has 10 heteroatoms. The van der Waals surface area contributed by atoms with Gasteiger partial charge in [-0.1, -0.05) is 29.5 Å². The van der Waals surface area contributed by atoms with Crippen LogP contribution in [0.5, 0.6) is 0 Å². The van der Waals surface area contributed by atoms with E-state index in [-0.39, 0.29) is 17.4 Å². The van der Waals surface area contributed by atoms with Crippen LogP contribution in [0.15, 0.2) is 38.7 Å². The van der Waals surface area contributed by atoms with Crippen LogP contribution < -0.4 is 5.56 Å². The maximum atomic E-state index is 12.7. The zero-order valence-electron chi connectivity index (χ0n) is 17.4. The number of rotatable bonds is 6. The third-order valence-corrected chi connectivity index (χ3v) is 6.76. The highest BCUT2D eigenvalue weighted by atomic mass is 32.2. The van der Waals surface area contributed by atoms with Crippen molar-refractivity contribution in [3.63, 3.8) is 0 Å². The number of ether oxygens (including phenoxy) is 1. The standard InChI is InChI=1S/C21H20N4O4S2/c1-5-28-20(27)15-11(3)14-17(26)22-16(23-19(14)31-15)12(4)30-21-25-24-18(29-21)13-8-6-10(2)7-9-13/h6-9,12H,5H2,1-4H3,(H,22,23,26). The van der Waals surface area contributed by atoms with Crippen molar-refractivity contribution < 1.29 is 13.9 Å². The number of benzene rings is 1. The van der Waals surface area contributed by atoms with E-state index in [1.807, 2.05) is 38.1 Å². The lowest BCUT2D eigenvalue weighted by atomic mass is 10.1. The molecule has 0 fully saturated rings. The molecule has 1 unspecified atom stereocenters. The summed E-state index contributed by atoms with van der Waals surface area (Å²) in [6, 6.07) is 7.81. The lowest BCUT2D eigenvalue weighted by molar-refractivity contribution is 0.0531. The molecule has 0 aliphatic rings. The number of H-pyrrole nitrogens is 1. The molecule has 0 spiro atoms. The molecule has 8 nitrogen and oxygen atoms in total. The molecule has 4 rings (SSSR count). The number of thioether (sulfide) groups is 1. The molecule has 3 heterocycles. The van der Waals surface area contributed by atoms with Crippen LogP contribution in [-0.2, 0) is 4.74 Å². The fourth-order valence-electron chi connectivity index (χ4n) is 3.02. The van der Waals surface area contributed by atoms with Crippen LogP contribution in [0.25, 0.3) is 21.7 Å². The molecular weight excluding hydrogens is 436 g/mol. The van der Waals surface area contributed by atoms with Gasteiger partial charge in [-0.25, -0.2) is 9.78 Å². The van der Waals surface area contributed by atoms with Crippen molar-refractivity contribution in [1.82, 2.24) is 20.2 Å². The number of aromatic amines is 1. The Morgan fingerprint density at radius 2 is 2.00 bits per heavy atom. The van der Waals surface area contributed by atoms with Crippen LogP contribution in [0.4, 0.5) is 0 Å². The Morgan fingerprint density at radius 1 is 1.26 bits per heavy atom. The quantitative estimate of drug-likeness (QED) is 0.329. The largest absolute Gasteiger partial charge is 0.462 e. The van der Waals surface area contributed by atoms with E-state index in [9.17, 15) is 9.59 Å². The van der Waals surface area contributed by atoms with Gasteiger partial charge < -0.3 is 14.1 Å². The van der Waals surface area contributed by atoms with Crippen molar-refractivity contribution in [2.24, 2.45) is 0 Å². The molecule has 1 N–H and O–H groups in total. The molecular formula is C21H20N4O4S2. The van der Waals surface area contributed by atoms with Crippen molar-refractivity contribution in [3.8, 4) is 11.5 Å². The van der Waals surface area contributed by atoms with Crippen LogP contribution in [0, 0.1) is 13.8 Å². The van der Waals surface area contributed by atoms with Crippen LogP contribution in [-0.4, -0.2) is 32.7 Å². The van der Waals surface area contributed by atoms with Crippen LogP contribution >= 0.6 is 23.1 Å². The molecule has 1 atom stereocenters. The number of aryl methyl sites for hydroxylation is 2. The summed E-state index contributed by atoms with van der Waals surface area (Å²) < 4.78 is 10.8. The van der Waals surface area contributed by atoms with Crippen molar-refractivity contribution in [3.05, 3.63) is 56.4 Å². The second kappa shape index (κ2) is 8.64. The number of esters is 1. The molecule has 0 saturated heterocycles. The van der Waals surface area contributed by atoms with Gasteiger partial charge in [0.05, 0.1) is 17.2 Å². The number of nitrogens with zero attached hydrogens (tertiary/aromatic N) is 3. The van der Waals surface area contributed by atoms with Crippen LogP contribution in [0.3, 0.4) is 0 Å². The van der Waals surface area contributed by atoms with E-state index < -0.39 is 5.97 Å². The van der Waals surface area contributed by atoms with Gasteiger partial charge in [0.1, 0.15) is 15.5 Å². The number of carbonyl (C=O) groups is 1. The summed E-state index contributed by atoms with van der Waals surface area (Å²) in [7, 11) is 0. The minimum atomic E-state index is -0.444. The number of thiophene rings is 1. The number of hydrogen-bond donors (Lipinski definition) is 1. The van der Waals surface area contributed by atoms with E-state index in [4.69, 9.17) is 9.15 Å². The third kappa shape index (κ3) is 4.26. The minimum Gasteiger partial charge on any atom is -0.462 e. The van der Waals surface area contributed by atoms with Crippen molar-refractivity contribution in [2.45, 2.75) is 38.2 Å². The zero-order chi connectivity index (χ0) is 22.1. The molecule has 4 aromatic rings. The molecule has 31 heavy (non-hydrogen) atoms. The molecule has 0 aliphatic carbocycles. The fourth-order valence-corrected chi connectivity index (χ4v) is 4.84. The topological polar surface area (TPSA) is 111 Å². The van der Waals surface area contributed by atoms with Crippen molar-refractivity contribution >= 4 is 39.3 Å². The van der Waals surface area contributed by atoms with E-state index in [1.165, 1.54) is 11.8 Å². The molecule has 0 amide bonds. The van der Waals surface area contributed by atoms with Crippen molar-refractivity contribution in [2.75, 3.05) is 6.61 Å². The van der Waals surface area contributed by atoms with Gasteiger partial charge in [-0.3, -0.25) is 4.79 Å². The molecule has 0 saturated carbocycles. The van der Waals surface area contributed by atoms with Crippen LogP contribution in [0.1, 0.15) is 45.7 Å². The Kier molecular flexibility index (Phi) is 5.92. The van der Waals surface area contributed by atoms with Gasteiger partial charge in [-0.15, -0.1) is 21.5 Å². The predicted molar refractivity (Wildman–Crippen MR) is 120 cm³/mol. The third-order valence-electron chi connectivity index (χ3n) is 4.65. The van der Waals surface area contributed by atoms with E-state index in [0.717, 1.165) is 22.5 Å². The molecule has 0 aliphatic heterocycles. The second-order valence-electron chi connectivity index (χ2n) is 6.91. The zero-order valence-corrected chi connectivity index (χ0v) is 19.0. The Bertz CT molecular complexity index is 1310. The first-order valence-electron chi connectivity index (χ1n) is 9.65. The highest BCUT2D eigenvalue weighted by Crippen LogP contribution is 2.35. The van der Waals surface area contributed by atoms with Gasteiger partial charge >= 0.3 is 5.97 Å².